The highest BCUT2D eigenvalue weighted by Crippen LogP contribution is 2.43. The molecule has 7 aromatic carbocycles. The lowest BCUT2D eigenvalue weighted by Gasteiger charge is -2.12. The molecule has 0 spiro atoms. The first-order valence-electron chi connectivity index (χ1n) is 14.2. The average molecular weight is 520 g/mol. The summed E-state index contributed by atoms with van der Waals surface area (Å²) < 4.78 is 2.47. The van der Waals surface area contributed by atoms with Gasteiger partial charge in [-0.3, -0.25) is 0 Å². The van der Waals surface area contributed by atoms with E-state index >= 15 is 0 Å². The van der Waals surface area contributed by atoms with Crippen molar-refractivity contribution in [3.8, 4) is 33.4 Å². The van der Waals surface area contributed by atoms with Crippen molar-refractivity contribution in [1.82, 2.24) is 4.40 Å². The molecule has 190 valence electrons. The lowest BCUT2D eigenvalue weighted by atomic mass is 9.92. The maximum atomic E-state index is 2.47. The molecule has 0 amide bonds. The molecule has 0 atom stereocenters. The molecule has 0 unspecified atom stereocenters. The van der Waals surface area contributed by atoms with Crippen LogP contribution in [0.2, 0.25) is 0 Å². The zero-order chi connectivity index (χ0) is 26.9. The second-order valence-corrected chi connectivity index (χ2v) is 11.0. The number of rotatable bonds is 3. The lowest BCUT2D eigenvalue weighted by Crippen LogP contribution is -1.86. The highest BCUT2D eigenvalue weighted by atomic mass is 14.9. The third-order valence-electron chi connectivity index (χ3n) is 8.64. The second kappa shape index (κ2) is 8.55. The Kier molecular flexibility index (Phi) is 4.67. The van der Waals surface area contributed by atoms with E-state index < -0.39 is 0 Å². The Bertz CT molecular complexity index is 2340. The van der Waals surface area contributed by atoms with E-state index in [0.29, 0.717) is 0 Å². The standard InChI is InChI=1S/C40H25N/c1-3-11-26(12-4-1)30-19-31(27-13-5-2-6-14-27)21-32(20-30)33-23-36-34-17-9-10-18-38(34)41-39-25-29-16-8-7-15-28(29)22-35(39)37(24-33)40(36)41/h1-25H. The van der Waals surface area contributed by atoms with E-state index in [9.17, 15) is 0 Å². The van der Waals surface area contributed by atoms with Crippen LogP contribution in [-0.2, 0) is 0 Å². The minimum absolute atomic E-state index is 1.23. The lowest BCUT2D eigenvalue weighted by molar-refractivity contribution is 1.37. The molecule has 9 rings (SSSR count). The number of aromatic nitrogens is 1. The first-order valence-corrected chi connectivity index (χ1v) is 14.2. The predicted octanol–water partition coefficient (Wildman–Crippen LogP) is 11.0. The molecular weight excluding hydrogens is 494 g/mol. The minimum atomic E-state index is 1.23. The molecule has 0 saturated carbocycles. The highest BCUT2D eigenvalue weighted by molar-refractivity contribution is 6.25. The van der Waals surface area contributed by atoms with Crippen LogP contribution in [0.4, 0.5) is 0 Å². The van der Waals surface area contributed by atoms with Gasteiger partial charge in [-0.05, 0) is 92.7 Å². The summed E-state index contributed by atoms with van der Waals surface area (Å²) in [5.41, 5.74) is 11.2. The zero-order valence-electron chi connectivity index (χ0n) is 22.4. The number of nitrogens with zero attached hydrogens (tertiary/aromatic N) is 1. The summed E-state index contributed by atoms with van der Waals surface area (Å²) in [6.07, 6.45) is 0. The van der Waals surface area contributed by atoms with Crippen molar-refractivity contribution in [1.29, 1.82) is 0 Å². The van der Waals surface area contributed by atoms with Crippen LogP contribution in [0.5, 0.6) is 0 Å². The van der Waals surface area contributed by atoms with Crippen molar-refractivity contribution in [2.45, 2.75) is 0 Å². The van der Waals surface area contributed by atoms with Crippen LogP contribution in [0.25, 0.3) is 82.2 Å². The molecule has 0 bridgehead atoms. The van der Waals surface area contributed by atoms with Crippen LogP contribution in [0.15, 0.2) is 152 Å². The van der Waals surface area contributed by atoms with Crippen LogP contribution in [0, 0.1) is 0 Å². The van der Waals surface area contributed by atoms with E-state index in [-0.39, 0.29) is 0 Å². The predicted molar refractivity (Wildman–Crippen MR) is 175 cm³/mol. The Morgan fingerprint density at radius 2 is 0.780 bits per heavy atom. The first kappa shape index (κ1) is 22.4. The first-order chi connectivity index (χ1) is 20.3. The molecular formula is C40H25N. The van der Waals surface area contributed by atoms with Gasteiger partial charge >= 0.3 is 0 Å². The van der Waals surface area contributed by atoms with E-state index in [0.717, 1.165) is 0 Å². The number of benzene rings is 7. The van der Waals surface area contributed by atoms with Crippen LogP contribution >= 0.6 is 0 Å². The normalized spacial score (nSPS) is 11.9. The van der Waals surface area contributed by atoms with Crippen LogP contribution in [-0.4, -0.2) is 4.40 Å². The molecule has 1 heteroatoms. The van der Waals surface area contributed by atoms with Crippen LogP contribution in [0.3, 0.4) is 0 Å². The Balaban J connectivity index is 1.40. The third-order valence-corrected chi connectivity index (χ3v) is 8.64. The largest absolute Gasteiger partial charge is 0.308 e. The SMILES string of the molecule is c1ccc(-c2cc(-c3ccccc3)cc(-c3cc4c5ccccc5n5c6cc7ccccc7cc6c(c3)c45)c2)cc1. The number of fused-ring (bicyclic) bond motifs is 7. The van der Waals surface area contributed by atoms with Crippen molar-refractivity contribution in [2.24, 2.45) is 0 Å². The van der Waals surface area contributed by atoms with Gasteiger partial charge in [0.25, 0.3) is 0 Å². The topological polar surface area (TPSA) is 4.41 Å². The van der Waals surface area contributed by atoms with Gasteiger partial charge in [-0.25, -0.2) is 0 Å². The zero-order valence-corrected chi connectivity index (χ0v) is 22.4. The highest BCUT2D eigenvalue weighted by Gasteiger charge is 2.19. The van der Waals surface area contributed by atoms with Gasteiger partial charge in [0, 0.05) is 21.5 Å². The summed E-state index contributed by atoms with van der Waals surface area (Å²) in [5.74, 6) is 0. The maximum Gasteiger partial charge on any atom is 0.0620 e. The summed E-state index contributed by atoms with van der Waals surface area (Å²) in [6.45, 7) is 0. The fraction of sp³-hybridized carbons (Fsp3) is 0. The number of para-hydroxylation sites is 1. The van der Waals surface area contributed by atoms with Crippen molar-refractivity contribution in [3.63, 3.8) is 0 Å². The van der Waals surface area contributed by atoms with E-state index in [1.807, 2.05) is 0 Å². The molecule has 2 heterocycles. The molecule has 41 heavy (non-hydrogen) atoms. The Labute approximate surface area is 237 Å². The molecule has 0 radical (unpaired) electrons. The van der Waals surface area contributed by atoms with E-state index in [1.165, 1.54) is 82.2 Å². The summed E-state index contributed by atoms with van der Waals surface area (Å²) in [4.78, 5) is 0. The second-order valence-electron chi connectivity index (χ2n) is 11.0. The van der Waals surface area contributed by atoms with Crippen molar-refractivity contribution < 1.29 is 0 Å². The number of hydrogen-bond donors (Lipinski definition) is 0. The van der Waals surface area contributed by atoms with E-state index in [4.69, 9.17) is 0 Å². The summed E-state index contributed by atoms with van der Waals surface area (Å²) in [7, 11) is 0. The molecule has 0 N–H and O–H groups in total. The summed E-state index contributed by atoms with van der Waals surface area (Å²) in [6, 6.07) is 55.5. The van der Waals surface area contributed by atoms with Gasteiger partial charge in [0.1, 0.15) is 0 Å². The van der Waals surface area contributed by atoms with Crippen LogP contribution < -0.4 is 0 Å². The van der Waals surface area contributed by atoms with Gasteiger partial charge in [0.05, 0.1) is 16.6 Å². The van der Waals surface area contributed by atoms with E-state index in [1.54, 1.807) is 0 Å². The smallest absolute Gasteiger partial charge is 0.0620 e. The summed E-state index contributed by atoms with van der Waals surface area (Å²) >= 11 is 0. The monoisotopic (exact) mass is 519 g/mol. The molecule has 0 saturated heterocycles. The van der Waals surface area contributed by atoms with Gasteiger partial charge in [0.2, 0.25) is 0 Å². The molecule has 0 aliphatic rings. The molecule has 0 fully saturated rings. The van der Waals surface area contributed by atoms with E-state index in [2.05, 4.69) is 156 Å². The fourth-order valence-corrected chi connectivity index (χ4v) is 6.74. The van der Waals surface area contributed by atoms with Crippen molar-refractivity contribution in [2.75, 3.05) is 0 Å². The Morgan fingerprint density at radius 1 is 0.293 bits per heavy atom. The fourth-order valence-electron chi connectivity index (χ4n) is 6.74. The minimum Gasteiger partial charge on any atom is -0.308 e. The third kappa shape index (κ3) is 3.36. The van der Waals surface area contributed by atoms with Gasteiger partial charge in [-0.1, -0.05) is 103 Å². The quantitative estimate of drug-likeness (QED) is 0.219. The molecule has 0 aliphatic heterocycles. The van der Waals surface area contributed by atoms with Crippen molar-refractivity contribution in [3.05, 3.63) is 152 Å². The molecule has 2 aromatic heterocycles. The van der Waals surface area contributed by atoms with Gasteiger partial charge in [-0.15, -0.1) is 0 Å². The van der Waals surface area contributed by atoms with Crippen molar-refractivity contribution >= 4 is 48.9 Å². The molecule has 1 nitrogen and oxygen atoms in total. The molecule has 9 aromatic rings. The van der Waals surface area contributed by atoms with Gasteiger partial charge in [0.15, 0.2) is 0 Å². The van der Waals surface area contributed by atoms with Crippen LogP contribution in [0.1, 0.15) is 0 Å². The number of hydrogen-bond acceptors (Lipinski definition) is 0. The Hall–Kier alpha value is -5.40. The van der Waals surface area contributed by atoms with Gasteiger partial charge < -0.3 is 4.40 Å². The molecule has 0 aliphatic carbocycles. The Morgan fingerprint density at radius 3 is 1.44 bits per heavy atom. The summed E-state index contributed by atoms with van der Waals surface area (Å²) in [5, 5.41) is 7.76. The average Bonchev–Trinajstić information content (AvgIpc) is 3.55. The van der Waals surface area contributed by atoms with Gasteiger partial charge in [-0.2, -0.15) is 0 Å². The maximum absolute atomic E-state index is 2.47.